The number of urea groups is 1. The van der Waals surface area contributed by atoms with Crippen molar-refractivity contribution in [2.24, 2.45) is 0 Å². The van der Waals surface area contributed by atoms with Crippen LogP contribution in [0.1, 0.15) is 48.6 Å². The molecule has 6 heteroatoms. The number of hydrogen-bond acceptors (Lipinski definition) is 4. The van der Waals surface area contributed by atoms with Crippen LogP contribution in [0.5, 0.6) is 0 Å². The van der Waals surface area contributed by atoms with Crippen molar-refractivity contribution >= 4 is 17.5 Å². The van der Waals surface area contributed by atoms with Crippen molar-refractivity contribution in [3.63, 3.8) is 0 Å². The number of benzene rings is 2. The van der Waals surface area contributed by atoms with Gasteiger partial charge in [-0.05, 0) is 56.4 Å². The van der Waals surface area contributed by atoms with Crippen LogP contribution in [-0.4, -0.2) is 47.1 Å². The molecule has 1 aliphatic heterocycles. The van der Waals surface area contributed by atoms with Gasteiger partial charge in [0.05, 0.1) is 0 Å². The Morgan fingerprint density at radius 3 is 2.38 bits per heavy atom. The number of rotatable bonds is 4. The largest absolute Gasteiger partial charge is 0.354 e. The molecule has 1 aliphatic rings. The lowest BCUT2D eigenvalue weighted by Crippen LogP contribution is -2.38. The molecule has 1 saturated heterocycles. The summed E-state index contributed by atoms with van der Waals surface area (Å²) in [6.45, 7) is 13.6. The lowest BCUT2D eigenvalue weighted by Gasteiger charge is -2.27. The average molecular weight is 458 g/mol. The van der Waals surface area contributed by atoms with Gasteiger partial charge in [-0.2, -0.15) is 0 Å². The third-order valence-corrected chi connectivity index (χ3v) is 6.57. The highest BCUT2D eigenvalue weighted by Gasteiger charge is 2.24. The van der Waals surface area contributed by atoms with Gasteiger partial charge in [-0.1, -0.05) is 50.2 Å². The van der Waals surface area contributed by atoms with Gasteiger partial charge in [0, 0.05) is 48.7 Å². The van der Waals surface area contributed by atoms with Crippen LogP contribution in [0, 0.1) is 20.8 Å². The van der Waals surface area contributed by atoms with Crippen molar-refractivity contribution in [3.05, 3.63) is 70.9 Å². The fourth-order valence-corrected chi connectivity index (χ4v) is 4.55. The minimum atomic E-state index is -0.0435. The highest BCUT2D eigenvalue weighted by atomic mass is 16.2. The number of carbonyl (C=O) groups is 1. The maximum Gasteiger partial charge on any atom is 0.321 e. The number of aromatic nitrogens is 2. The summed E-state index contributed by atoms with van der Waals surface area (Å²) in [6, 6.07) is 16.1. The molecule has 1 aromatic heterocycles. The summed E-state index contributed by atoms with van der Waals surface area (Å²) < 4.78 is 0. The summed E-state index contributed by atoms with van der Waals surface area (Å²) in [5, 5.41) is 3.07. The first kappa shape index (κ1) is 23.7. The maximum absolute atomic E-state index is 13.0. The molecule has 0 bridgehead atoms. The Kier molecular flexibility index (Phi) is 7.15. The molecule has 6 nitrogen and oxygen atoms in total. The van der Waals surface area contributed by atoms with Gasteiger partial charge in [0.25, 0.3) is 0 Å². The van der Waals surface area contributed by atoms with Crippen LogP contribution in [0.2, 0.25) is 0 Å². The molecule has 3 aromatic rings. The zero-order valence-electron chi connectivity index (χ0n) is 20.9. The van der Waals surface area contributed by atoms with E-state index in [0.717, 1.165) is 54.6 Å². The van der Waals surface area contributed by atoms with Crippen LogP contribution in [0.15, 0.2) is 48.5 Å². The van der Waals surface area contributed by atoms with Crippen molar-refractivity contribution in [3.8, 4) is 11.4 Å². The van der Waals surface area contributed by atoms with E-state index < -0.39 is 0 Å². The Morgan fingerprint density at radius 1 is 0.912 bits per heavy atom. The molecule has 0 aliphatic carbocycles. The highest BCUT2D eigenvalue weighted by molar-refractivity contribution is 5.89. The zero-order valence-corrected chi connectivity index (χ0v) is 20.9. The summed E-state index contributed by atoms with van der Waals surface area (Å²) in [4.78, 5) is 27.1. The Labute approximate surface area is 203 Å². The lowest BCUT2D eigenvalue weighted by atomic mass is 10.0. The highest BCUT2D eigenvalue weighted by Crippen LogP contribution is 2.31. The molecular formula is C28H35N5O. The SMILES string of the molecule is Cc1ccc(NC(=O)N2CCCN(c3nc(-c4ccccc4)nc(C)c3C(C)C)CC2)cc1C. The van der Waals surface area contributed by atoms with Gasteiger partial charge < -0.3 is 15.1 Å². The van der Waals surface area contributed by atoms with E-state index in [4.69, 9.17) is 9.97 Å². The number of hydrogen-bond donors (Lipinski definition) is 1. The molecule has 4 rings (SSSR count). The molecule has 34 heavy (non-hydrogen) atoms. The number of nitrogens with zero attached hydrogens (tertiary/aromatic N) is 4. The van der Waals surface area contributed by atoms with E-state index in [9.17, 15) is 4.79 Å². The van der Waals surface area contributed by atoms with Crippen LogP contribution < -0.4 is 10.2 Å². The molecule has 0 spiro atoms. The van der Waals surface area contributed by atoms with Gasteiger partial charge >= 0.3 is 6.03 Å². The molecule has 0 unspecified atom stereocenters. The normalized spacial score (nSPS) is 14.3. The smallest absolute Gasteiger partial charge is 0.321 e. The van der Waals surface area contributed by atoms with E-state index >= 15 is 0 Å². The van der Waals surface area contributed by atoms with Crippen LogP contribution in [-0.2, 0) is 0 Å². The van der Waals surface area contributed by atoms with E-state index in [-0.39, 0.29) is 6.03 Å². The molecule has 0 radical (unpaired) electrons. The molecule has 178 valence electrons. The zero-order chi connectivity index (χ0) is 24.2. The summed E-state index contributed by atoms with van der Waals surface area (Å²) in [7, 11) is 0. The number of nitrogens with one attached hydrogen (secondary N) is 1. The average Bonchev–Trinajstić information content (AvgIpc) is 3.08. The van der Waals surface area contributed by atoms with E-state index in [0.29, 0.717) is 12.5 Å². The summed E-state index contributed by atoms with van der Waals surface area (Å²) in [5.74, 6) is 2.07. The number of aryl methyl sites for hydroxylation is 3. The summed E-state index contributed by atoms with van der Waals surface area (Å²) in [5.41, 5.74) is 6.47. The van der Waals surface area contributed by atoms with Gasteiger partial charge in [0.1, 0.15) is 5.82 Å². The number of anilines is 2. The first-order valence-electron chi connectivity index (χ1n) is 12.2. The Hall–Kier alpha value is -3.41. The molecule has 2 heterocycles. The van der Waals surface area contributed by atoms with Crippen molar-refractivity contribution in [1.82, 2.24) is 14.9 Å². The van der Waals surface area contributed by atoms with Crippen LogP contribution >= 0.6 is 0 Å². The predicted octanol–water partition coefficient (Wildman–Crippen LogP) is 5.94. The predicted molar refractivity (Wildman–Crippen MR) is 140 cm³/mol. The van der Waals surface area contributed by atoms with Crippen molar-refractivity contribution < 1.29 is 4.79 Å². The Morgan fingerprint density at radius 2 is 1.68 bits per heavy atom. The molecular weight excluding hydrogens is 422 g/mol. The topological polar surface area (TPSA) is 61.4 Å². The third-order valence-electron chi connectivity index (χ3n) is 6.57. The standard InChI is InChI=1S/C28H35N5O/c1-19(2)25-22(5)29-26(23-10-7-6-8-11-23)31-27(25)32-14-9-15-33(17-16-32)28(34)30-24-13-12-20(3)21(4)18-24/h6-8,10-13,18-19H,9,14-17H2,1-5H3,(H,30,34). The van der Waals surface area contributed by atoms with E-state index in [1.54, 1.807) is 0 Å². The second-order valence-electron chi connectivity index (χ2n) is 9.45. The molecule has 2 amide bonds. The monoisotopic (exact) mass is 457 g/mol. The fourth-order valence-electron chi connectivity index (χ4n) is 4.55. The second kappa shape index (κ2) is 10.2. The van der Waals surface area contributed by atoms with Crippen LogP contribution in [0.25, 0.3) is 11.4 Å². The van der Waals surface area contributed by atoms with Crippen molar-refractivity contribution in [2.75, 3.05) is 36.4 Å². The molecule has 0 atom stereocenters. The van der Waals surface area contributed by atoms with Crippen LogP contribution in [0.3, 0.4) is 0 Å². The first-order chi connectivity index (χ1) is 16.3. The summed E-state index contributed by atoms with van der Waals surface area (Å²) in [6.07, 6.45) is 0.890. The summed E-state index contributed by atoms with van der Waals surface area (Å²) >= 11 is 0. The van der Waals surface area contributed by atoms with Gasteiger partial charge in [-0.15, -0.1) is 0 Å². The van der Waals surface area contributed by atoms with Crippen molar-refractivity contribution in [1.29, 1.82) is 0 Å². The molecule has 1 fully saturated rings. The van der Waals surface area contributed by atoms with Gasteiger partial charge in [0.15, 0.2) is 5.82 Å². The van der Waals surface area contributed by atoms with E-state index in [1.807, 2.05) is 41.3 Å². The third kappa shape index (κ3) is 5.22. The minimum Gasteiger partial charge on any atom is -0.354 e. The van der Waals surface area contributed by atoms with E-state index in [1.165, 1.54) is 16.7 Å². The Bertz CT molecular complexity index is 1160. The first-order valence-corrected chi connectivity index (χ1v) is 12.2. The molecule has 2 aromatic carbocycles. The fraction of sp³-hybridized carbons (Fsp3) is 0.393. The number of amides is 2. The van der Waals surface area contributed by atoms with Gasteiger partial charge in [-0.25, -0.2) is 14.8 Å². The van der Waals surface area contributed by atoms with E-state index in [2.05, 4.69) is 57.0 Å². The van der Waals surface area contributed by atoms with Gasteiger partial charge in [0.2, 0.25) is 0 Å². The quantitative estimate of drug-likeness (QED) is 0.527. The second-order valence-corrected chi connectivity index (χ2v) is 9.45. The maximum atomic E-state index is 13.0. The number of carbonyl (C=O) groups excluding carboxylic acids is 1. The Balaban J connectivity index is 1.54. The van der Waals surface area contributed by atoms with Crippen molar-refractivity contribution in [2.45, 2.75) is 47.0 Å². The minimum absolute atomic E-state index is 0.0435. The molecule has 0 saturated carbocycles. The van der Waals surface area contributed by atoms with Gasteiger partial charge in [-0.3, -0.25) is 0 Å². The molecule has 1 N–H and O–H groups in total. The lowest BCUT2D eigenvalue weighted by molar-refractivity contribution is 0.215. The van der Waals surface area contributed by atoms with Crippen LogP contribution in [0.4, 0.5) is 16.3 Å².